The third kappa shape index (κ3) is 4.92. The molecule has 162 valence electrons. The molecule has 4 rings (SSSR count). The molecule has 0 saturated carbocycles. The number of carbonyl (C=O) groups excluding carboxylic acids is 1. The van der Waals surface area contributed by atoms with Gasteiger partial charge in [0.2, 0.25) is 0 Å². The Morgan fingerprint density at radius 2 is 1.79 bits per heavy atom. The van der Waals surface area contributed by atoms with Crippen LogP contribution in [0, 0.1) is 6.92 Å². The van der Waals surface area contributed by atoms with Gasteiger partial charge in [-0.25, -0.2) is 9.78 Å². The Morgan fingerprint density at radius 3 is 2.41 bits per heavy atom. The van der Waals surface area contributed by atoms with E-state index >= 15 is 0 Å². The van der Waals surface area contributed by atoms with Gasteiger partial charge in [0.1, 0.15) is 11.9 Å². The number of nitrogens with zero attached hydrogens (tertiary/aromatic N) is 5. The number of ether oxygens (including phenoxy) is 1. The summed E-state index contributed by atoms with van der Waals surface area (Å²) in [6.07, 6.45) is 3.38. The first kappa shape index (κ1) is 20.6. The molecule has 0 aliphatic carbocycles. The number of aryl methyl sites for hydroxylation is 1. The predicted molar refractivity (Wildman–Crippen MR) is 110 cm³/mol. The third-order valence-electron chi connectivity index (χ3n) is 6.68. The van der Waals surface area contributed by atoms with Crippen LogP contribution in [-0.4, -0.2) is 101 Å². The van der Waals surface area contributed by atoms with Crippen molar-refractivity contribution in [1.82, 2.24) is 24.6 Å². The van der Waals surface area contributed by atoms with E-state index in [2.05, 4.69) is 33.5 Å². The monoisotopic (exact) mass is 405 g/mol. The molecule has 3 saturated heterocycles. The summed E-state index contributed by atoms with van der Waals surface area (Å²) in [6.45, 7) is 15.9. The van der Waals surface area contributed by atoms with Crippen molar-refractivity contribution in [2.45, 2.75) is 51.8 Å². The molecule has 1 amide bonds. The molecule has 1 aromatic heterocycles. The molecule has 4 heterocycles. The van der Waals surface area contributed by atoms with Crippen LogP contribution < -0.4 is 0 Å². The van der Waals surface area contributed by atoms with Gasteiger partial charge in [-0.2, -0.15) is 0 Å². The zero-order chi connectivity index (χ0) is 20.4. The lowest BCUT2D eigenvalue weighted by atomic mass is 9.91. The lowest BCUT2D eigenvalue weighted by Gasteiger charge is -2.38. The minimum atomic E-state index is -0.302. The first-order valence-electron chi connectivity index (χ1n) is 11.0. The second-order valence-electron chi connectivity index (χ2n) is 9.08. The Kier molecular flexibility index (Phi) is 6.13. The highest BCUT2D eigenvalue weighted by Gasteiger charge is 2.46. The van der Waals surface area contributed by atoms with E-state index in [1.807, 2.05) is 11.8 Å². The summed E-state index contributed by atoms with van der Waals surface area (Å²) in [5, 5.41) is 0. The number of piperidine rings is 1. The van der Waals surface area contributed by atoms with Crippen molar-refractivity contribution in [3.05, 3.63) is 17.8 Å². The number of oxazole rings is 1. The van der Waals surface area contributed by atoms with Crippen LogP contribution in [0.15, 0.2) is 10.7 Å². The molecule has 1 spiro atoms. The molecule has 3 aliphatic heterocycles. The van der Waals surface area contributed by atoms with E-state index < -0.39 is 0 Å². The zero-order valence-corrected chi connectivity index (χ0v) is 18.1. The topological polar surface area (TPSA) is 65.3 Å². The minimum absolute atomic E-state index is 0.133. The molecule has 8 nitrogen and oxygen atoms in total. The van der Waals surface area contributed by atoms with Gasteiger partial charge in [-0.3, -0.25) is 14.7 Å². The molecule has 0 aromatic carbocycles. The van der Waals surface area contributed by atoms with Crippen molar-refractivity contribution in [3.63, 3.8) is 0 Å². The smallest absolute Gasteiger partial charge is 0.410 e. The van der Waals surface area contributed by atoms with E-state index in [0.29, 0.717) is 11.9 Å². The fourth-order valence-corrected chi connectivity index (χ4v) is 4.72. The number of rotatable bonds is 6. The Bertz CT molecular complexity index is 690. The second-order valence-corrected chi connectivity index (χ2v) is 9.08. The molecule has 0 N–H and O–H groups in total. The van der Waals surface area contributed by atoms with Crippen molar-refractivity contribution >= 4 is 6.09 Å². The number of aromatic nitrogens is 1. The van der Waals surface area contributed by atoms with Crippen molar-refractivity contribution in [2.75, 3.05) is 58.9 Å². The van der Waals surface area contributed by atoms with Gasteiger partial charge < -0.3 is 14.1 Å². The Labute approximate surface area is 173 Å². The number of carbonyl (C=O) groups is 1. The van der Waals surface area contributed by atoms with Crippen LogP contribution in [0.2, 0.25) is 0 Å². The van der Waals surface area contributed by atoms with E-state index in [-0.39, 0.29) is 11.7 Å². The van der Waals surface area contributed by atoms with Gasteiger partial charge in [-0.1, -0.05) is 0 Å². The largest absolute Gasteiger partial charge is 0.449 e. The SMILES string of the molecule is Cc1nc(CN2CCC3(CC2)CN(CCN2CCN(C(C)C)CC2)C(=O)O3)co1. The predicted octanol–water partition coefficient (Wildman–Crippen LogP) is 1.80. The summed E-state index contributed by atoms with van der Waals surface area (Å²) in [4.78, 5) is 26.1. The normalized spacial score (nSPS) is 24.0. The fourth-order valence-electron chi connectivity index (χ4n) is 4.72. The van der Waals surface area contributed by atoms with Gasteiger partial charge in [-0.15, -0.1) is 0 Å². The quantitative estimate of drug-likeness (QED) is 0.715. The lowest BCUT2D eigenvalue weighted by Crippen LogP contribution is -2.50. The molecular weight excluding hydrogens is 370 g/mol. The van der Waals surface area contributed by atoms with Gasteiger partial charge in [-0.05, 0) is 13.8 Å². The molecule has 8 heteroatoms. The molecule has 0 unspecified atom stereocenters. The summed E-state index contributed by atoms with van der Waals surface area (Å²) >= 11 is 0. The highest BCUT2D eigenvalue weighted by Crippen LogP contribution is 2.33. The number of likely N-dealkylation sites (tertiary alicyclic amines) is 1. The molecular formula is C21H35N5O3. The number of piperazine rings is 1. The van der Waals surface area contributed by atoms with Crippen LogP contribution in [0.1, 0.15) is 38.3 Å². The summed E-state index contributed by atoms with van der Waals surface area (Å²) in [7, 11) is 0. The molecule has 1 aromatic rings. The van der Waals surface area contributed by atoms with E-state index in [4.69, 9.17) is 9.15 Å². The van der Waals surface area contributed by atoms with E-state index in [1.54, 1.807) is 6.26 Å². The van der Waals surface area contributed by atoms with Gasteiger partial charge in [0, 0.05) is 84.7 Å². The number of amides is 1. The molecule has 29 heavy (non-hydrogen) atoms. The second kappa shape index (κ2) is 8.62. The van der Waals surface area contributed by atoms with Crippen molar-refractivity contribution < 1.29 is 13.9 Å². The first-order chi connectivity index (χ1) is 13.9. The van der Waals surface area contributed by atoms with Gasteiger partial charge in [0.25, 0.3) is 0 Å². The van der Waals surface area contributed by atoms with Crippen LogP contribution >= 0.6 is 0 Å². The summed E-state index contributed by atoms with van der Waals surface area (Å²) in [6, 6.07) is 0.616. The molecule has 0 bridgehead atoms. The molecule has 3 fully saturated rings. The van der Waals surface area contributed by atoms with Crippen LogP contribution in [0.5, 0.6) is 0 Å². The lowest BCUT2D eigenvalue weighted by molar-refractivity contribution is -0.00153. The standard InChI is InChI=1S/C21H35N5O3/c1-17(2)25-11-8-23(9-12-25)10-13-26-16-21(29-20(26)27)4-6-24(7-5-21)14-19-15-28-18(3)22-19/h15,17H,4-14,16H2,1-3H3. The van der Waals surface area contributed by atoms with E-state index in [1.165, 1.54) is 0 Å². The highest BCUT2D eigenvalue weighted by molar-refractivity contribution is 5.70. The zero-order valence-electron chi connectivity index (χ0n) is 18.1. The average molecular weight is 406 g/mol. The average Bonchev–Trinajstić information content (AvgIpc) is 3.25. The first-order valence-corrected chi connectivity index (χ1v) is 11.0. The highest BCUT2D eigenvalue weighted by atomic mass is 16.6. The fraction of sp³-hybridized carbons (Fsp3) is 0.810. The third-order valence-corrected chi connectivity index (χ3v) is 6.68. The van der Waals surface area contributed by atoms with Gasteiger partial charge >= 0.3 is 6.09 Å². The maximum Gasteiger partial charge on any atom is 0.410 e. The minimum Gasteiger partial charge on any atom is -0.449 e. The maximum absolute atomic E-state index is 12.5. The van der Waals surface area contributed by atoms with Gasteiger partial charge in [0.15, 0.2) is 5.89 Å². The van der Waals surface area contributed by atoms with E-state index in [0.717, 1.165) is 84.0 Å². The Balaban J connectivity index is 1.21. The van der Waals surface area contributed by atoms with Crippen LogP contribution in [0.25, 0.3) is 0 Å². The Hall–Kier alpha value is -1.64. The number of hydrogen-bond acceptors (Lipinski definition) is 7. The van der Waals surface area contributed by atoms with Crippen molar-refractivity contribution in [3.8, 4) is 0 Å². The van der Waals surface area contributed by atoms with Crippen molar-refractivity contribution in [2.24, 2.45) is 0 Å². The molecule has 3 aliphatic rings. The van der Waals surface area contributed by atoms with Crippen molar-refractivity contribution in [1.29, 1.82) is 0 Å². The van der Waals surface area contributed by atoms with E-state index in [9.17, 15) is 4.79 Å². The molecule has 0 atom stereocenters. The summed E-state index contributed by atoms with van der Waals surface area (Å²) in [5.74, 6) is 0.708. The van der Waals surface area contributed by atoms with Crippen LogP contribution in [0.4, 0.5) is 4.79 Å². The summed E-state index contributed by atoms with van der Waals surface area (Å²) in [5.41, 5.74) is 0.671. The van der Waals surface area contributed by atoms with Gasteiger partial charge in [0.05, 0.1) is 12.2 Å². The van der Waals surface area contributed by atoms with Crippen LogP contribution in [-0.2, 0) is 11.3 Å². The molecule has 0 radical (unpaired) electrons. The Morgan fingerprint density at radius 1 is 1.07 bits per heavy atom. The van der Waals surface area contributed by atoms with Crippen LogP contribution in [0.3, 0.4) is 0 Å². The maximum atomic E-state index is 12.5. The summed E-state index contributed by atoms with van der Waals surface area (Å²) < 4.78 is 11.2. The number of hydrogen-bond donors (Lipinski definition) is 0.